The van der Waals surface area contributed by atoms with Gasteiger partial charge in [0.2, 0.25) is 4.96 Å². The predicted molar refractivity (Wildman–Crippen MR) is 67.4 cm³/mol. The average Bonchev–Trinajstić information content (AvgIpc) is 2.86. The zero-order valence-corrected chi connectivity index (χ0v) is 10.2. The Morgan fingerprint density at radius 2 is 2.35 bits per heavy atom. The van der Waals surface area contributed by atoms with Crippen molar-refractivity contribution in [2.45, 2.75) is 6.54 Å². The van der Waals surface area contributed by atoms with E-state index in [0.717, 1.165) is 15.7 Å². The fraction of sp³-hybridized carbons (Fsp3) is 0.100. The smallest absolute Gasteiger partial charge is 0.234 e. The first-order chi connectivity index (χ1) is 8.31. The third-order valence-corrected chi connectivity index (χ3v) is 3.34. The third kappa shape index (κ3) is 2.22. The zero-order valence-electron chi connectivity index (χ0n) is 8.67. The van der Waals surface area contributed by atoms with Gasteiger partial charge in [-0.3, -0.25) is 0 Å². The van der Waals surface area contributed by atoms with E-state index >= 15 is 0 Å². The Kier molecular flexibility index (Phi) is 2.66. The van der Waals surface area contributed by atoms with Gasteiger partial charge < -0.3 is 5.32 Å². The number of halogens is 1. The molecule has 0 spiro atoms. The molecule has 0 saturated carbocycles. The van der Waals surface area contributed by atoms with Crippen molar-refractivity contribution in [3.63, 3.8) is 0 Å². The van der Waals surface area contributed by atoms with Crippen LogP contribution in [0.15, 0.2) is 30.6 Å². The van der Waals surface area contributed by atoms with Gasteiger partial charge in [0, 0.05) is 10.7 Å². The number of rotatable bonds is 3. The summed E-state index contributed by atoms with van der Waals surface area (Å²) >= 11 is 7.41. The van der Waals surface area contributed by atoms with Crippen LogP contribution < -0.4 is 5.32 Å². The van der Waals surface area contributed by atoms with Gasteiger partial charge in [-0.1, -0.05) is 29.0 Å². The van der Waals surface area contributed by atoms with Crippen molar-refractivity contribution in [3.8, 4) is 0 Å². The maximum absolute atomic E-state index is 5.90. The molecule has 7 heteroatoms. The van der Waals surface area contributed by atoms with Crippen molar-refractivity contribution in [1.82, 2.24) is 19.8 Å². The van der Waals surface area contributed by atoms with Crippen molar-refractivity contribution in [2.75, 3.05) is 5.32 Å². The van der Waals surface area contributed by atoms with Gasteiger partial charge in [0.1, 0.15) is 11.3 Å². The van der Waals surface area contributed by atoms with Gasteiger partial charge in [0.25, 0.3) is 0 Å². The second kappa shape index (κ2) is 4.31. The minimum atomic E-state index is 0.647. The summed E-state index contributed by atoms with van der Waals surface area (Å²) in [5.74, 6) is 0. The molecule has 17 heavy (non-hydrogen) atoms. The van der Waals surface area contributed by atoms with Crippen LogP contribution in [0.3, 0.4) is 0 Å². The van der Waals surface area contributed by atoms with E-state index in [1.165, 1.54) is 11.3 Å². The van der Waals surface area contributed by atoms with Gasteiger partial charge in [-0.15, -0.1) is 10.2 Å². The van der Waals surface area contributed by atoms with E-state index in [2.05, 4.69) is 20.6 Å². The molecule has 3 rings (SSSR count). The molecule has 0 aliphatic heterocycles. The van der Waals surface area contributed by atoms with E-state index in [-0.39, 0.29) is 0 Å². The van der Waals surface area contributed by atoms with E-state index in [1.807, 2.05) is 24.3 Å². The molecule has 0 atom stereocenters. The predicted octanol–water partition coefficient (Wildman–Crippen LogP) is 2.45. The van der Waals surface area contributed by atoms with Crippen molar-refractivity contribution in [3.05, 3.63) is 40.6 Å². The topological polar surface area (TPSA) is 55.1 Å². The number of fused-ring (bicyclic) bond motifs is 1. The Balaban J connectivity index is 1.74. The van der Waals surface area contributed by atoms with Crippen LogP contribution in [-0.4, -0.2) is 19.8 Å². The first-order valence-electron chi connectivity index (χ1n) is 4.96. The average molecular weight is 266 g/mol. The van der Waals surface area contributed by atoms with Gasteiger partial charge in [0.05, 0.1) is 6.54 Å². The molecule has 0 radical (unpaired) electrons. The van der Waals surface area contributed by atoms with E-state index in [9.17, 15) is 0 Å². The highest BCUT2D eigenvalue weighted by atomic mass is 35.5. The minimum Gasteiger partial charge on any atom is -0.378 e. The summed E-state index contributed by atoms with van der Waals surface area (Å²) in [6.45, 7) is 0.647. The second-order valence-electron chi connectivity index (χ2n) is 3.42. The molecule has 3 aromatic rings. The molecule has 0 bridgehead atoms. The fourth-order valence-electron chi connectivity index (χ4n) is 1.45. The van der Waals surface area contributed by atoms with E-state index in [1.54, 1.807) is 10.8 Å². The van der Waals surface area contributed by atoms with Crippen LogP contribution in [0.4, 0.5) is 5.69 Å². The fourth-order valence-corrected chi connectivity index (χ4v) is 2.39. The number of aromatic nitrogens is 4. The molecule has 0 fully saturated rings. The lowest BCUT2D eigenvalue weighted by atomic mass is 10.3. The summed E-state index contributed by atoms with van der Waals surface area (Å²) in [5, 5.41) is 16.9. The van der Waals surface area contributed by atoms with E-state index in [0.29, 0.717) is 11.6 Å². The molecule has 0 aliphatic carbocycles. The molecule has 0 amide bonds. The van der Waals surface area contributed by atoms with E-state index in [4.69, 9.17) is 11.6 Å². The maximum Gasteiger partial charge on any atom is 0.234 e. The molecule has 0 unspecified atom stereocenters. The van der Waals surface area contributed by atoms with Gasteiger partial charge in [-0.25, -0.2) is 0 Å². The Morgan fingerprint density at radius 1 is 1.41 bits per heavy atom. The first-order valence-corrected chi connectivity index (χ1v) is 6.16. The standard InChI is InChI=1S/C10H8ClN5S/c11-7-2-1-3-8(4-7)12-5-9-15-16-6-13-14-10(16)17-9/h1-4,6,12H,5H2. The van der Waals surface area contributed by atoms with Gasteiger partial charge in [-0.2, -0.15) is 9.61 Å². The maximum atomic E-state index is 5.90. The van der Waals surface area contributed by atoms with Gasteiger partial charge in [0.15, 0.2) is 0 Å². The van der Waals surface area contributed by atoms with E-state index < -0.39 is 0 Å². The number of benzene rings is 1. The second-order valence-corrected chi connectivity index (χ2v) is 4.89. The summed E-state index contributed by atoms with van der Waals surface area (Å²) in [6.07, 6.45) is 1.59. The highest BCUT2D eigenvalue weighted by molar-refractivity contribution is 7.16. The van der Waals surface area contributed by atoms with Crippen LogP contribution in [0.2, 0.25) is 5.02 Å². The van der Waals surface area contributed by atoms with Crippen LogP contribution in [-0.2, 0) is 6.54 Å². The molecule has 2 aromatic heterocycles. The lowest BCUT2D eigenvalue weighted by molar-refractivity contribution is 0.903. The van der Waals surface area contributed by atoms with Crippen LogP contribution in [0, 0.1) is 0 Å². The number of anilines is 1. The van der Waals surface area contributed by atoms with Crippen LogP contribution >= 0.6 is 22.9 Å². The molecule has 5 nitrogen and oxygen atoms in total. The van der Waals surface area contributed by atoms with Crippen LogP contribution in [0.25, 0.3) is 4.96 Å². The number of nitrogens with zero attached hydrogens (tertiary/aromatic N) is 4. The lowest BCUT2D eigenvalue weighted by Crippen LogP contribution is -1.99. The quantitative estimate of drug-likeness (QED) is 0.790. The number of hydrogen-bond donors (Lipinski definition) is 1. The largest absolute Gasteiger partial charge is 0.378 e. The van der Waals surface area contributed by atoms with Crippen molar-refractivity contribution in [1.29, 1.82) is 0 Å². The molecular weight excluding hydrogens is 258 g/mol. The summed E-state index contributed by atoms with van der Waals surface area (Å²) in [7, 11) is 0. The normalized spacial score (nSPS) is 10.9. The molecular formula is C10H8ClN5S. The lowest BCUT2D eigenvalue weighted by Gasteiger charge is -2.03. The van der Waals surface area contributed by atoms with Gasteiger partial charge in [-0.05, 0) is 18.2 Å². The summed E-state index contributed by atoms with van der Waals surface area (Å²) in [4.78, 5) is 0.799. The summed E-state index contributed by atoms with van der Waals surface area (Å²) in [5.41, 5.74) is 0.975. The molecule has 1 N–H and O–H groups in total. The Labute approximate surface area is 106 Å². The Morgan fingerprint density at radius 3 is 3.18 bits per heavy atom. The van der Waals surface area contributed by atoms with Crippen LogP contribution in [0.5, 0.6) is 0 Å². The number of nitrogens with one attached hydrogen (secondary N) is 1. The first kappa shape index (κ1) is 10.5. The summed E-state index contributed by atoms with van der Waals surface area (Å²) < 4.78 is 1.67. The highest BCUT2D eigenvalue weighted by Crippen LogP contribution is 2.17. The third-order valence-electron chi connectivity index (χ3n) is 2.20. The highest BCUT2D eigenvalue weighted by Gasteiger charge is 2.04. The molecule has 2 heterocycles. The van der Waals surface area contributed by atoms with Crippen LogP contribution in [0.1, 0.15) is 5.01 Å². The molecule has 0 saturated heterocycles. The van der Waals surface area contributed by atoms with Crippen molar-refractivity contribution in [2.24, 2.45) is 0 Å². The molecule has 86 valence electrons. The zero-order chi connectivity index (χ0) is 11.7. The Hall–Kier alpha value is -1.66. The molecule has 0 aliphatic rings. The number of hydrogen-bond acceptors (Lipinski definition) is 5. The Bertz CT molecular complexity index is 618. The monoisotopic (exact) mass is 265 g/mol. The van der Waals surface area contributed by atoms with Crippen molar-refractivity contribution >= 4 is 33.6 Å². The summed E-state index contributed by atoms with van der Waals surface area (Å²) in [6, 6.07) is 7.59. The SMILES string of the molecule is Clc1cccc(NCc2nn3cnnc3s2)c1. The van der Waals surface area contributed by atoms with Gasteiger partial charge >= 0.3 is 0 Å². The molecule has 1 aromatic carbocycles. The minimum absolute atomic E-state index is 0.647. The van der Waals surface area contributed by atoms with Crippen molar-refractivity contribution < 1.29 is 0 Å².